The number of phenolic OH excluding ortho intramolecular Hbond substituents is 1. The number of hydrazone groups is 6. The third-order valence-electron chi connectivity index (χ3n) is 21.1. The van der Waals surface area contributed by atoms with Crippen molar-refractivity contribution in [2.24, 2.45) is 60.6 Å². The van der Waals surface area contributed by atoms with E-state index >= 15 is 0 Å². The van der Waals surface area contributed by atoms with Crippen LogP contribution < -0.4 is 37.3 Å². The first-order valence-electron chi connectivity index (χ1n) is 45.1. The van der Waals surface area contributed by atoms with E-state index in [2.05, 4.69) is 156 Å². The van der Waals surface area contributed by atoms with Gasteiger partial charge in [0.1, 0.15) is 18.2 Å². The van der Waals surface area contributed by atoms with Crippen LogP contribution in [-0.4, -0.2) is 160 Å². The van der Waals surface area contributed by atoms with Crippen LogP contribution >= 0.6 is 114 Å². The van der Waals surface area contributed by atoms with Crippen molar-refractivity contribution in [3.63, 3.8) is 0 Å². The highest BCUT2D eigenvalue weighted by atomic mass is 79.9. The first-order valence-corrected chi connectivity index (χ1v) is 52.9. The number of carbonyl (C=O) groups excluding carboxylic acids is 6. The molecule has 760 valence electrons. The molecular weight excluding hydrogens is 2130 g/mol. The summed E-state index contributed by atoms with van der Waals surface area (Å²) < 4.78 is 7.46. The number of nitrogens with one attached hydrogen (secondary N) is 6. The molecule has 0 saturated heterocycles. The molecule has 1 unspecified atom stereocenters. The van der Waals surface area contributed by atoms with Gasteiger partial charge < -0.3 is 15.1 Å². The van der Waals surface area contributed by atoms with Crippen molar-refractivity contribution in [2.75, 3.05) is 35.9 Å². The van der Waals surface area contributed by atoms with Gasteiger partial charge in [0.05, 0.1) is 142 Å². The number of ether oxygens (including phenoxy) is 1. The highest BCUT2D eigenvalue weighted by Crippen LogP contribution is 2.37. The monoisotopic (exact) mass is 2240 g/mol. The summed E-state index contributed by atoms with van der Waals surface area (Å²) in [7, 11) is 1.63. The highest BCUT2D eigenvalue weighted by molar-refractivity contribution is 9.10. The molecule has 148 heavy (non-hydrogen) atoms. The fourth-order valence-corrected chi connectivity index (χ4v) is 19.6. The van der Waals surface area contributed by atoms with Crippen molar-refractivity contribution >= 4 is 263 Å². The lowest BCUT2D eigenvalue weighted by Gasteiger charge is -2.08. The number of nitrogens with zero attached hydrogens (tertiary/aromatic N) is 13. The van der Waals surface area contributed by atoms with Gasteiger partial charge in [-0.3, -0.25) is 28.8 Å². The average molecular weight is 2240 g/mol. The van der Waals surface area contributed by atoms with Gasteiger partial charge >= 0.3 is 0 Å². The maximum atomic E-state index is 12.2. The second kappa shape index (κ2) is 60.3. The van der Waals surface area contributed by atoms with Gasteiger partial charge in [-0.05, 0) is 198 Å². The van der Waals surface area contributed by atoms with Crippen molar-refractivity contribution in [3.05, 3.63) is 376 Å². The molecule has 6 heterocycles. The molecule has 0 aliphatic carbocycles. The number of aromatic hydroxyl groups is 1. The smallest absolute Gasteiger partial charge is 0.253 e. The Morgan fingerprint density at radius 2 is 0.757 bits per heavy atom. The zero-order chi connectivity index (χ0) is 102. The van der Waals surface area contributed by atoms with Crippen molar-refractivity contribution in [1.29, 1.82) is 0 Å². The Morgan fingerprint density at radius 3 is 1.14 bits per heavy atom. The molecule has 18 rings (SSSR count). The topological polar surface area (TPSA) is 378 Å². The Hall–Kier alpha value is -14.1. The second-order valence-electron chi connectivity index (χ2n) is 32.1. The van der Waals surface area contributed by atoms with Crippen LogP contribution in [0.15, 0.2) is 349 Å². The summed E-state index contributed by atoms with van der Waals surface area (Å²) in [6.07, 6.45) is 12.5. The molecule has 6 amide bonds. The first kappa shape index (κ1) is 116. The van der Waals surface area contributed by atoms with E-state index in [1.807, 2.05) is 240 Å². The number of benzene rings is 12. The Morgan fingerprint density at radius 1 is 0.412 bits per heavy atom. The van der Waals surface area contributed by atoms with Crippen LogP contribution in [0.25, 0.3) is 0 Å². The number of amides is 6. The third kappa shape index (κ3) is 38.0. The van der Waals surface area contributed by atoms with Gasteiger partial charge in [-0.15, -0.1) is 58.8 Å². The fraction of sp³-hybridized carbons (Fsp3) is 0.180. The number of hydrogen-bond donors (Lipinski definition) is 7. The Bertz CT molecular complexity index is 7110. The number of fused-ring (bicyclic) bond motifs is 6. The molecule has 6 aliphatic rings. The van der Waals surface area contributed by atoms with E-state index in [1.165, 1.54) is 122 Å². The van der Waals surface area contributed by atoms with E-state index < -0.39 is 0 Å². The number of halogens is 3. The quantitative estimate of drug-likeness (QED) is 0.0115. The number of aryl methyl sites for hydroxylation is 2. The van der Waals surface area contributed by atoms with E-state index in [-0.39, 0.29) is 80.2 Å². The third-order valence-corrected chi connectivity index (χ3v) is 28.4. The number of phenols is 1. The van der Waals surface area contributed by atoms with Crippen LogP contribution in [0.1, 0.15) is 114 Å². The predicted molar refractivity (Wildman–Crippen MR) is 629 cm³/mol. The molecule has 28 nitrogen and oxygen atoms in total. The van der Waals surface area contributed by atoms with Gasteiger partial charge in [-0.25, -0.2) is 62.5 Å². The summed E-state index contributed by atoms with van der Waals surface area (Å²) >= 11 is 21.5. The Kier molecular flexibility index (Phi) is 47.2. The molecule has 12 aromatic rings. The summed E-state index contributed by atoms with van der Waals surface area (Å²) in [6, 6.07) is 88.6. The van der Waals surface area contributed by atoms with Gasteiger partial charge in [0.25, 0.3) is 5.91 Å². The summed E-state index contributed by atoms with van der Waals surface area (Å²) in [5, 5.41) is 50.7. The van der Waals surface area contributed by atoms with Gasteiger partial charge in [-0.1, -0.05) is 241 Å². The van der Waals surface area contributed by atoms with Crippen LogP contribution in [0, 0.1) is 19.1 Å². The lowest BCUT2D eigenvalue weighted by Crippen LogP contribution is -2.27. The molecule has 0 bridgehead atoms. The number of carbonyl (C=O) groups is 6. The SMILES string of the molecule is C.C.C.C=[N+]([O-])c1ccc(/C=N/NC(=O)C(C)SC2=Nc3ccccc3C2)cc1.COc1ccc(/C(C)=N/NC(=O)CSC2=Nc3ccccc3C2)cc1.Cc1ccc(/C=N/NC(=O)CSC2=Nc3ccccc3C2)c(Cl)c1.Cc1ccc(/C=N/NC(=O)CSC2=Nc3ccccc3C2)cc1.O=C(CSC1=Nc2ccccc2C1)N/N=C/c1cc(Br)ccc1O.O=C(CSC1=Nc2ccccc2C1)N/N=C/c1cccc(Br)c1. The predicted octanol–water partition coefficient (Wildman–Crippen LogP) is 24.0. The van der Waals surface area contributed by atoms with Crippen LogP contribution in [-0.2, 0) is 67.3 Å². The molecule has 0 saturated carbocycles. The Labute approximate surface area is 909 Å². The van der Waals surface area contributed by atoms with Crippen molar-refractivity contribution in [3.8, 4) is 11.5 Å². The van der Waals surface area contributed by atoms with E-state index in [4.69, 9.17) is 16.3 Å². The number of thioether (sulfide) groups is 6. The molecule has 6 aliphatic heterocycles. The molecular formula is C111H110Br2ClN19O9S6. The molecule has 0 spiro atoms. The largest absolute Gasteiger partial charge is 0.619 e. The minimum atomic E-state index is -0.303. The second-order valence-corrected chi connectivity index (χ2v) is 41.0. The van der Waals surface area contributed by atoms with Gasteiger partial charge in [0.2, 0.25) is 35.2 Å². The molecule has 1 atom stereocenters. The molecule has 7 N–H and O–H groups in total. The van der Waals surface area contributed by atoms with Crippen molar-refractivity contribution in [1.82, 2.24) is 32.6 Å². The first-order chi connectivity index (χ1) is 70.3. The molecule has 37 heteroatoms. The number of hydrogen-bond acceptors (Lipinski definition) is 27. The van der Waals surface area contributed by atoms with E-state index in [0.717, 1.165) is 157 Å². The minimum absolute atomic E-state index is 0. The van der Waals surface area contributed by atoms with E-state index in [0.29, 0.717) is 38.3 Å². The summed E-state index contributed by atoms with van der Waals surface area (Å²) in [5.41, 5.74) is 36.7. The average Bonchev–Trinajstić information content (AvgIpc) is 1.77. The number of aliphatic imine (C=N–C) groups is 6. The van der Waals surface area contributed by atoms with Gasteiger partial charge in [-0.2, -0.15) is 35.3 Å². The van der Waals surface area contributed by atoms with Gasteiger partial charge in [0.15, 0.2) is 0 Å². The van der Waals surface area contributed by atoms with Crippen LogP contribution in [0.2, 0.25) is 5.02 Å². The molecule has 0 aromatic heterocycles. The van der Waals surface area contributed by atoms with Crippen LogP contribution in [0.3, 0.4) is 0 Å². The summed E-state index contributed by atoms with van der Waals surface area (Å²) in [5.74, 6) is 1.35. The van der Waals surface area contributed by atoms with Crippen molar-refractivity contribution < 1.29 is 43.3 Å². The lowest BCUT2D eigenvalue weighted by atomic mass is 10.1. The van der Waals surface area contributed by atoms with E-state index in [9.17, 15) is 39.1 Å². The zero-order valence-corrected chi connectivity index (χ0v) is 87.9. The summed E-state index contributed by atoms with van der Waals surface area (Å²) in [4.78, 5) is 98.7. The number of methoxy groups -OCH3 is 1. The maximum Gasteiger partial charge on any atom is 0.253 e. The summed E-state index contributed by atoms with van der Waals surface area (Å²) in [6.45, 7) is 11.0. The fourth-order valence-electron chi connectivity index (χ4n) is 13.6. The van der Waals surface area contributed by atoms with Crippen LogP contribution in [0.4, 0.5) is 39.8 Å². The number of rotatable bonds is 26. The minimum Gasteiger partial charge on any atom is -0.619 e. The Balaban J connectivity index is 0.000000181. The number of para-hydroxylation sites is 6. The van der Waals surface area contributed by atoms with Crippen molar-refractivity contribution in [2.45, 2.75) is 93.7 Å². The molecule has 12 aromatic carbocycles. The highest BCUT2D eigenvalue weighted by Gasteiger charge is 2.24. The molecule has 0 radical (unpaired) electrons. The molecule has 0 fully saturated rings. The lowest BCUT2D eigenvalue weighted by molar-refractivity contribution is -0.349. The zero-order valence-electron chi connectivity index (χ0n) is 79.1. The van der Waals surface area contributed by atoms with E-state index in [1.54, 1.807) is 68.2 Å². The maximum absolute atomic E-state index is 12.2. The van der Waals surface area contributed by atoms with Crippen LogP contribution in [0.5, 0.6) is 11.5 Å². The normalized spacial score (nSPS) is 12.9. The standard InChI is InChI=1S/C19H18N4O2S.C19H19N3O2S.C18H16ClN3OS.C18H17N3OS.C17H14BrN3O2S.C17H14BrN3OS.3CH4/c1-13(26-18-11-15-5-3-4-6-17(15)21-18)19(24)22-20-12-14-7-9-16(10-8-14)23(2)25;1-13(14-7-9-16(24-2)10-8-14)21-22-18(23)12-25-19-11-15-5-3-4-6-17(15)20-19;1-12-6-7-14(15(19)8-12)10-20-22-17(23)11-24-18-9-13-4-2-3-5-16(13)21-18;1-13-6-8-14(9-7-13)11-19-21-17(22)12-23-18-10-15-4-2-3-5-16(15)20-18;18-13-5-6-15(22)12(7-13)9-19-21-16(23)10-24-17-8-11-3-1-2-4-14(11)20-17;18-14-6-3-4-12(8-14)10-19-21-16(22)11-23-17-9-13-5-1-2-7-15(13)20-17;;;/h3-10,12-13H,2,11H2,1H3,(H,22,24);3-10H,11-12H2,1-2H3,(H,22,23);2-8,10H,9,11H2,1H3,(H,22,23);2-9,11H,10,12H2,1H3,(H,21,22);1-7,9,22H,8,10H2,(H,21,23);1-8,10H,9,11H2,(H,21,22);3*1H4/b20-12+;21-13+;20-10+;19-11+;19-9+;19-10+;;;. The van der Waals surface area contributed by atoms with Gasteiger partial charge in [0, 0.05) is 75.8 Å².